The normalized spacial score (nSPS) is 12.3. The van der Waals surface area contributed by atoms with E-state index in [9.17, 15) is 4.79 Å². The van der Waals surface area contributed by atoms with Crippen LogP contribution in [0.3, 0.4) is 0 Å². The largest absolute Gasteiger partial charge is 0.486 e. The summed E-state index contributed by atoms with van der Waals surface area (Å²) in [5.41, 5.74) is 3.26. The van der Waals surface area contributed by atoms with Crippen molar-refractivity contribution in [3.8, 4) is 11.5 Å². The van der Waals surface area contributed by atoms with Crippen molar-refractivity contribution in [1.29, 1.82) is 0 Å². The maximum Gasteiger partial charge on any atom is 0.257 e. The molecular formula is C21H19N3O3. The minimum Gasteiger partial charge on any atom is -0.486 e. The van der Waals surface area contributed by atoms with Gasteiger partial charge in [-0.2, -0.15) is 0 Å². The molecule has 4 rings (SSSR count). The summed E-state index contributed by atoms with van der Waals surface area (Å²) < 4.78 is 11.0. The van der Waals surface area contributed by atoms with Gasteiger partial charge in [-0.05, 0) is 43.3 Å². The molecule has 3 aromatic rings. The standard InChI is InChI=1S/C21H19N3O3/c1-14-2-5-16(6-3-14)23-20-9-4-15(13-22-20)21(25)24-17-7-8-18-19(12-17)27-11-10-26-18/h2-9,12-13H,10-11H2,1H3,(H,22,23)(H,24,25). The topological polar surface area (TPSA) is 72.5 Å². The van der Waals surface area contributed by atoms with E-state index in [0.29, 0.717) is 41.8 Å². The van der Waals surface area contributed by atoms with Crippen molar-refractivity contribution < 1.29 is 14.3 Å². The highest BCUT2D eigenvalue weighted by Crippen LogP contribution is 2.32. The van der Waals surface area contributed by atoms with Crippen LogP contribution in [0.5, 0.6) is 11.5 Å². The quantitative estimate of drug-likeness (QED) is 0.730. The second-order valence-electron chi connectivity index (χ2n) is 6.24. The van der Waals surface area contributed by atoms with Gasteiger partial charge in [-0.25, -0.2) is 4.98 Å². The Labute approximate surface area is 157 Å². The Bertz CT molecular complexity index is 953. The zero-order chi connectivity index (χ0) is 18.6. The zero-order valence-electron chi connectivity index (χ0n) is 14.9. The van der Waals surface area contributed by atoms with Gasteiger partial charge in [0, 0.05) is 23.6 Å². The van der Waals surface area contributed by atoms with Crippen LogP contribution < -0.4 is 20.1 Å². The van der Waals surface area contributed by atoms with Crippen LogP contribution in [0.15, 0.2) is 60.8 Å². The van der Waals surface area contributed by atoms with E-state index in [4.69, 9.17) is 9.47 Å². The number of nitrogens with one attached hydrogen (secondary N) is 2. The summed E-state index contributed by atoms with van der Waals surface area (Å²) in [5.74, 6) is 1.76. The third-order valence-electron chi connectivity index (χ3n) is 4.15. The number of aryl methyl sites for hydroxylation is 1. The molecule has 0 radical (unpaired) electrons. The number of amides is 1. The molecule has 1 aliphatic rings. The van der Waals surface area contributed by atoms with Crippen molar-refractivity contribution >= 4 is 23.1 Å². The van der Waals surface area contributed by atoms with Gasteiger partial charge in [-0.1, -0.05) is 17.7 Å². The smallest absolute Gasteiger partial charge is 0.257 e. The molecule has 1 aromatic heterocycles. The highest BCUT2D eigenvalue weighted by atomic mass is 16.6. The van der Waals surface area contributed by atoms with E-state index in [-0.39, 0.29) is 5.91 Å². The van der Waals surface area contributed by atoms with E-state index < -0.39 is 0 Å². The van der Waals surface area contributed by atoms with Crippen LogP contribution in [0.4, 0.5) is 17.2 Å². The molecule has 0 fully saturated rings. The zero-order valence-corrected chi connectivity index (χ0v) is 14.9. The highest BCUT2D eigenvalue weighted by molar-refractivity contribution is 6.04. The summed E-state index contributed by atoms with van der Waals surface area (Å²) in [6.07, 6.45) is 1.55. The van der Waals surface area contributed by atoms with Gasteiger partial charge in [0.25, 0.3) is 5.91 Å². The lowest BCUT2D eigenvalue weighted by Gasteiger charge is -2.19. The molecule has 1 amide bonds. The predicted octanol–water partition coefficient (Wildman–Crippen LogP) is 4.16. The minimum absolute atomic E-state index is 0.235. The lowest BCUT2D eigenvalue weighted by molar-refractivity contribution is 0.102. The van der Waals surface area contributed by atoms with Crippen molar-refractivity contribution in [3.05, 3.63) is 71.9 Å². The first-order valence-corrected chi connectivity index (χ1v) is 8.68. The minimum atomic E-state index is -0.235. The average Bonchev–Trinajstić information content (AvgIpc) is 2.70. The van der Waals surface area contributed by atoms with Gasteiger partial charge < -0.3 is 20.1 Å². The summed E-state index contributed by atoms with van der Waals surface area (Å²) >= 11 is 0. The summed E-state index contributed by atoms with van der Waals surface area (Å²) in [7, 11) is 0. The van der Waals surface area contributed by atoms with Crippen LogP contribution in [0.1, 0.15) is 15.9 Å². The molecule has 0 saturated carbocycles. The monoisotopic (exact) mass is 361 g/mol. The summed E-state index contributed by atoms with van der Waals surface area (Å²) in [5, 5.41) is 6.06. The number of anilines is 3. The number of fused-ring (bicyclic) bond motifs is 1. The van der Waals surface area contributed by atoms with Gasteiger partial charge in [0.05, 0.1) is 5.56 Å². The Morgan fingerprint density at radius 3 is 2.41 bits per heavy atom. The maximum absolute atomic E-state index is 12.4. The van der Waals surface area contributed by atoms with Crippen molar-refractivity contribution in [2.45, 2.75) is 6.92 Å². The summed E-state index contributed by atoms with van der Waals surface area (Å²) in [4.78, 5) is 16.8. The molecule has 2 aromatic carbocycles. The van der Waals surface area contributed by atoms with Crippen LogP contribution in [-0.4, -0.2) is 24.1 Å². The van der Waals surface area contributed by atoms with E-state index >= 15 is 0 Å². The number of nitrogens with zero attached hydrogens (tertiary/aromatic N) is 1. The third-order valence-corrected chi connectivity index (χ3v) is 4.15. The van der Waals surface area contributed by atoms with Crippen LogP contribution in [0.2, 0.25) is 0 Å². The number of ether oxygens (including phenoxy) is 2. The van der Waals surface area contributed by atoms with Crippen LogP contribution >= 0.6 is 0 Å². The van der Waals surface area contributed by atoms with Crippen LogP contribution in [0.25, 0.3) is 0 Å². The summed E-state index contributed by atoms with van der Waals surface area (Å²) in [6.45, 7) is 3.08. The first-order chi connectivity index (χ1) is 13.2. The van der Waals surface area contributed by atoms with Crippen molar-refractivity contribution in [2.75, 3.05) is 23.8 Å². The molecule has 0 aliphatic carbocycles. The average molecular weight is 361 g/mol. The van der Waals surface area contributed by atoms with Gasteiger partial charge in [-0.3, -0.25) is 4.79 Å². The first kappa shape index (κ1) is 16.9. The number of rotatable bonds is 4. The van der Waals surface area contributed by atoms with Gasteiger partial charge in [-0.15, -0.1) is 0 Å². The number of carbonyl (C=O) groups excluding carboxylic acids is 1. The van der Waals surface area contributed by atoms with Gasteiger partial charge >= 0.3 is 0 Å². The van der Waals surface area contributed by atoms with Gasteiger partial charge in [0.2, 0.25) is 0 Å². The lowest BCUT2D eigenvalue weighted by atomic mass is 10.2. The molecule has 27 heavy (non-hydrogen) atoms. The molecule has 6 heteroatoms. The fraction of sp³-hybridized carbons (Fsp3) is 0.143. The Morgan fingerprint density at radius 1 is 0.926 bits per heavy atom. The highest BCUT2D eigenvalue weighted by Gasteiger charge is 2.13. The molecule has 1 aliphatic heterocycles. The van der Waals surface area contributed by atoms with E-state index in [1.807, 2.05) is 31.2 Å². The number of carbonyl (C=O) groups is 1. The number of benzene rings is 2. The van der Waals surface area contributed by atoms with Gasteiger partial charge in [0.15, 0.2) is 11.5 Å². The fourth-order valence-electron chi connectivity index (χ4n) is 2.71. The van der Waals surface area contributed by atoms with E-state index in [0.717, 1.165) is 5.69 Å². The number of aromatic nitrogens is 1. The molecular weight excluding hydrogens is 342 g/mol. The van der Waals surface area contributed by atoms with E-state index in [1.54, 1.807) is 36.5 Å². The second-order valence-corrected chi connectivity index (χ2v) is 6.24. The Morgan fingerprint density at radius 2 is 1.67 bits per heavy atom. The second kappa shape index (κ2) is 7.37. The molecule has 2 heterocycles. The van der Waals surface area contributed by atoms with Crippen molar-refractivity contribution in [1.82, 2.24) is 4.98 Å². The van der Waals surface area contributed by atoms with Crippen LogP contribution in [0, 0.1) is 6.92 Å². The van der Waals surface area contributed by atoms with Gasteiger partial charge in [0.1, 0.15) is 19.0 Å². The number of hydrogen-bond acceptors (Lipinski definition) is 5. The number of pyridine rings is 1. The van der Waals surface area contributed by atoms with Crippen LogP contribution in [-0.2, 0) is 0 Å². The summed E-state index contributed by atoms with van der Waals surface area (Å²) in [6, 6.07) is 16.9. The van der Waals surface area contributed by atoms with Crippen molar-refractivity contribution in [3.63, 3.8) is 0 Å². The number of hydrogen-bond donors (Lipinski definition) is 2. The molecule has 6 nitrogen and oxygen atoms in total. The predicted molar refractivity (Wildman–Crippen MR) is 104 cm³/mol. The fourth-order valence-corrected chi connectivity index (χ4v) is 2.71. The Balaban J connectivity index is 1.42. The molecule has 0 bridgehead atoms. The molecule has 0 saturated heterocycles. The molecule has 0 spiro atoms. The van der Waals surface area contributed by atoms with Crippen molar-refractivity contribution in [2.24, 2.45) is 0 Å². The lowest BCUT2D eigenvalue weighted by Crippen LogP contribution is -2.16. The Hall–Kier alpha value is -3.54. The third kappa shape index (κ3) is 4.00. The molecule has 0 atom stereocenters. The van der Waals surface area contributed by atoms with E-state index in [1.165, 1.54) is 5.56 Å². The Kier molecular flexibility index (Phi) is 4.61. The first-order valence-electron chi connectivity index (χ1n) is 8.68. The van der Waals surface area contributed by atoms with E-state index in [2.05, 4.69) is 15.6 Å². The SMILES string of the molecule is Cc1ccc(Nc2ccc(C(=O)Nc3ccc4c(c3)OCCO4)cn2)cc1. The molecule has 0 unspecified atom stereocenters. The molecule has 2 N–H and O–H groups in total. The molecule has 136 valence electrons. The maximum atomic E-state index is 12.4.